The molecule has 5 rings (SSSR count). The molecule has 0 spiro atoms. The molecule has 10 nitrogen and oxygen atoms in total. The Morgan fingerprint density at radius 3 is 2.91 bits per heavy atom. The fourth-order valence-electron chi connectivity index (χ4n) is 4.09. The van der Waals surface area contributed by atoms with Crippen molar-refractivity contribution in [2.45, 2.75) is 6.42 Å². The van der Waals surface area contributed by atoms with Crippen molar-refractivity contribution in [2.24, 2.45) is 0 Å². The van der Waals surface area contributed by atoms with Crippen LogP contribution < -0.4 is 21.3 Å². The van der Waals surface area contributed by atoms with Crippen molar-refractivity contribution in [1.29, 1.82) is 0 Å². The second-order valence-corrected chi connectivity index (χ2v) is 9.22. The number of urea groups is 1. The Labute approximate surface area is 207 Å². The zero-order valence-corrected chi connectivity index (χ0v) is 20.4. The number of likely N-dealkylation sites (N-methyl/N-ethyl adjacent to an activating group) is 1. The highest BCUT2D eigenvalue weighted by Crippen LogP contribution is 2.30. The van der Waals surface area contributed by atoms with Gasteiger partial charge in [-0.3, -0.25) is 0 Å². The van der Waals surface area contributed by atoms with E-state index in [9.17, 15) is 4.79 Å². The summed E-state index contributed by atoms with van der Waals surface area (Å²) in [5.74, 6) is 0.752. The molecule has 0 radical (unpaired) electrons. The average Bonchev–Trinajstić information content (AvgIpc) is 3.53. The number of hydrogen-bond acceptors (Lipinski definition) is 8. The molecule has 5 N–H and O–H groups in total. The number of amides is 2. The maximum atomic E-state index is 12.5. The number of thiazole rings is 1. The second-order valence-electron chi connectivity index (χ2n) is 8.34. The molecule has 2 amide bonds. The number of aromatic amines is 1. The van der Waals surface area contributed by atoms with E-state index in [1.165, 1.54) is 5.57 Å². The lowest BCUT2D eigenvalue weighted by atomic mass is 10.1. The summed E-state index contributed by atoms with van der Waals surface area (Å²) in [5.41, 5.74) is 6.77. The number of aromatic nitrogens is 4. The first-order valence-corrected chi connectivity index (χ1v) is 12.6. The molecule has 1 aromatic carbocycles. The second kappa shape index (κ2) is 10.8. The van der Waals surface area contributed by atoms with Gasteiger partial charge in [0.2, 0.25) is 0 Å². The number of hydrogen-bond donors (Lipinski definition) is 5. The fraction of sp³-hybridized carbons (Fsp3) is 0.333. The van der Waals surface area contributed by atoms with Crippen molar-refractivity contribution in [2.75, 3.05) is 51.6 Å². The van der Waals surface area contributed by atoms with E-state index in [2.05, 4.69) is 59.4 Å². The normalized spacial score (nSPS) is 13.9. The zero-order valence-electron chi connectivity index (χ0n) is 19.6. The summed E-state index contributed by atoms with van der Waals surface area (Å²) in [7, 11) is 1.92. The third-order valence-corrected chi connectivity index (χ3v) is 6.78. The van der Waals surface area contributed by atoms with E-state index in [4.69, 9.17) is 0 Å². The summed E-state index contributed by atoms with van der Waals surface area (Å²) >= 11 is 1.61. The van der Waals surface area contributed by atoms with Crippen LogP contribution in [0, 0.1) is 0 Å². The molecule has 1 aliphatic heterocycles. The molecule has 1 aliphatic rings. The summed E-state index contributed by atoms with van der Waals surface area (Å²) in [6.07, 6.45) is 4.45. The molecule has 0 aliphatic carbocycles. The fourth-order valence-corrected chi connectivity index (χ4v) is 4.80. The van der Waals surface area contributed by atoms with Crippen LogP contribution >= 0.6 is 11.3 Å². The Hall–Kier alpha value is -3.54. The van der Waals surface area contributed by atoms with Crippen molar-refractivity contribution in [3.63, 3.8) is 0 Å². The van der Waals surface area contributed by atoms with Gasteiger partial charge in [0.25, 0.3) is 0 Å². The van der Waals surface area contributed by atoms with Crippen molar-refractivity contribution < 1.29 is 4.79 Å². The van der Waals surface area contributed by atoms with Crippen LogP contribution in [-0.2, 0) is 0 Å². The van der Waals surface area contributed by atoms with Crippen LogP contribution in [-0.4, -0.2) is 77.2 Å². The van der Waals surface area contributed by atoms with Crippen LogP contribution in [0.15, 0.2) is 42.2 Å². The lowest BCUT2D eigenvalue weighted by molar-refractivity contribution is 0.203. The summed E-state index contributed by atoms with van der Waals surface area (Å²) < 4.78 is 1.13. The molecule has 4 aromatic rings. The van der Waals surface area contributed by atoms with Crippen LogP contribution in [0.5, 0.6) is 0 Å². The maximum absolute atomic E-state index is 12.5. The van der Waals surface area contributed by atoms with Gasteiger partial charge in [-0.2, -0.15) is 0 Å². The van der Waals surface area contributed by atoms with E-state index >= 15 is 0 Å². The quantitative estimate of drug-likeness (QED) is 0.228. The predicted octanol–water partition coefficient (Wildman–Crippen LogP) is 2.92. The summed E-state index contributed by atoms with van der Waals surface area (Å²) in [6, 6.07) is 8.15. The van der Waals surface area contributed by atoms with Gasteiger partial charge in [-0.05, 0) is 43.3 Å². The number of nitrogens with one attached hydrogen (secondary N) is 5. The topological polar surface area (TPSA) is 123 Å². The van der Waals surface area contributed by atoms with Crippen molar-refractivity contribution in [1.82, 2.24) is 40.8 Å². The van der Waals surface area contributed by atoms with E-state index < -0.39 is 0 Å². The van der Waals surface area contributed by atoms with Crippen molar-refractivity contribution in [3.05, 3.63) is 47.9 Å². The first-order valence-electron chi connectivity index (χ1n) is 11.7. The van der Waals surface area contributed by atoms with Gasteiger partial charge in [0, 0.05) is 50.6 Å². The van der Waals surface area contributed by atoms with Crippen LogP contribution in [0.1, 0.15) is 12.1 Å². The molecule has 0 saturated heterocycles. The van der Waals surface area contributed by atoms with Gasteiger partial charge in [0.15, 0.2) is 0 Å². The van der Waals surface area contributed by atoms with Gasteiger partial charge in [0.05, 0.1) is 21.1 Å². The highest BCUT2D eigenvalue weighted by Gasteiger charge is 2.19. The van der Waals surface area contributed by atoms with Gasteiger partial charge in [0.1, 0.15) is 17.8 Å². The summed E-state index contributed by atoms with van der Waals surface area (Å²) in [5, 5.41) is 13.7. The molecule has 0 atom stereocenters. The van der Waals surface area contributed by atoms with Gasteiger partial charge < -0.3 is 31.2 Å². The monoisotopic (exact) mass is 491 g/mol. The lowest BCUT2D eigenvalue weighted by Gasteiger charge is -2.26. The lowest BCUT2D eigenvalue weighted by Crippen LogP contribution is -2.44. The van der Waals surface area contributed by atoms with E-state index in [0.29, 0.717) is 19.6 Å². The predicted molar refractivity (Wildman–Crippen MR) is 141 cm³/mol. The zero-order chi connectivity index (χ0) is 24.0. The number of anilines is 2. The Balaban J connectivity index is 1.23. The third kappa shape index (κ3) is 5.42. The number of fused-ring (bicyclic) bond motifs is 2. The van der Waals surface area contributed by atoms with E-state index in [0.717, 1.165) is 64.5 Å². The van der Waals surface area contributed by atoms with Gasteiger partial charge in [-0.1, -0.05) is 6.08 Å². The summed E-state index contributed by atoms with van der Waals surface area (Å²) in [6.45, 7) is 4.42. The van der Waals surface area contributed by atoms with Crippen molar-refractivity contribution in [3.8, 4) is 0 Å². The van der Waals surface area contributed by atoms with Gasteiger partial charge in [-0.25, -0.2) is 19.7 Å². The molecule has 4 heterocycles. The molecule has 0 bridgehead atoms. The molecule has 0 saturated carbocycles. The van der Waals surface area contributed by atoms with Gasteiger partial charge >= 0.3 is 6.03 Å². The average molecular weight is 492 g/mol. The molecule has 11 heteroatoms. The SMILES string of the molecule is CNCCNCCNC(=O)N1CC=C(c2cc3c(Nc4ccc5ncsc5c4)ncnc3[nH]2)CC1. The number of carbonyl (C=O) groups excluding carboxylic acids is 1. The Kier molecular flexibility index (Phi) is 7.17. The number of carbonyl (C=O) groups is 1. The molecule has 0 unspecified atom stereocenters. The smallest absolute Gasteiger partial charge is 0.317 e. The number of nitrogens with zero attached hydrogens (tertiary/aromatic N) is 4. The minimum Gasteiger partial charge on any atom is -0.340 e. The largest absolute Gasteiger partial charge is 0.340 e. The Morgan fingerprint density at radius 2 is 2.06 bits per heavy atom. The van der Waals surface area contributed by atoms with Gasteiger partial charge in [-0.15, -0.1) is 11.3 Å². The minimum atomic E-state index is -0.0253. The highest BCUT2D eigenvalue weighted by molar-refractivity contribution is 7.16. The van der Waals surface area contributed by atoms with E-state index in [1.54, 1.807) is 17.7 Å². The highest BCUT2D eigenvalue weighted by atomic mass is 32.1. The van der Waals surface area contributed by atoms with Crippen LogP contribution in [0.2, 0.25) is 0 Å². The molecule has 182 valence electrons. The molecule has 35 heavy (non-hydrogen) atoms. The van der Waals surface area contributed by atoms with Crippen LogP contribution in [0.4, 0.5) is 16.3 Å². The van der Waals surface area contributed by atoms with Crippen LogP contribution in [0.3, 0.4) is 0 Å². The third-order valence-electron chi connectivity index (χ3n) is 5.99. The number of H-pyrrole nitrogens is 1. The number of benzene rings is 1. The summed E-state index contributed by atoms with van der Waals surface area (Å²) in [4.78, 5) is 30.9. The van der Waals surface area contributed by atoms with Crippen LogP contribution in [0.25, 0.3) is 26.8 Å². The Morgan fingerprint density at radius 1 is 1.14 bits per heavy atom. The molecular formula is C24H29N9OS. The molecule has 0 fully saturated rings. The standard InChI is InChI=1S/C24H29N9OS/c1-25-6-7-26-8-9-27-24(34)33-10-4-16(5-11-33)20-13-18-22(28-14-29-23(18)32-20)31-17-2-3-19-21(12-17)35-15-30-19/h2-4,12-15,25-26H,5-11H2,1H3,(H,27,34)(H2,28,29,31,32). The first-order chi connectivity index (χ1) is 17.2. The van der Waals surface area contributed by atoms with E-state index in [-0.39, 0.29) is 6.03 Å². The maximum Gasteiger partial charge on any atom is 0.317 e. The first kappa shape index (κ1) is 23.2. The minimum absolute atomic E-state index is 0.0253. The molecule has 3 aromatic heterocycles. The van der Waals surface area contributed by atoms with E-state index in [1.807, 2.05) is 29.6 Å². The van der Waals surface area contributed by atoms with Crippen molar-refractivity contribution >= 4 is 55.7 Å². The molecular weight excluding hydrogens is 462 g/mol. The number of rotatable bonds is 9. The Bertz CT molecular complexity index is 1350.